The summed E-state index contributed by atoms with van der Waals surface area (Å²) in [7, 11) is 1.83. The van der Waals surface area contributed by atoms with E-state index >= 15 is 0 Å². The SMILES string of the molecule is CNc1cc(C)nc(-c2ncc[nH]2)n1. The van der Waals surface area contributed by atoms with Crippen LogP contribution in [-0.2, 0) is 0 Å². The van der Waals surface area contributed by atoms with Crippen LogP contribution >= 0.6 is 0 Å². The highest BCUT2D eigenvalue weighted by Crippen LogP contribution is 2.12. The van der Waals surface area contributed by atoms with Gasteiger partial charge in [-0.25, -0.2) is 15.0 Å². The fourth-order valence-electron chi connectivity index (χ4n) is 1.19. The Balaban J connectivity index is 2.48. The molecular formula is C9H11N5. The molecule has 2 aromatic rings. The van der Waals surface area contributed by atoms with Crippen LogP contribution in [0.15, 0.2) is 18.5 Å². The molecular weight excluding hydrogens is 178 g/mol. The van der Waals surface area contributed by atoms with Crippen molar-refractivity contribution in [1.29, 1.82) is 0 Å². The number of H-pyrrole nitrogens is 1. The number of nitrogens with one attached hydrogen (secondary N) is 2. The summed E-state index contributed by atoms with van der Waals surface area (Å²) in [4.78, 5) is 15.6. The quantitative estimate of drug-likeness (QED) is 0.745. The van der Waals surface area contributed by atoms with Crippen LogP contribution in [0.3, 0.4) is 0 Å². The predicted octanol–water partition coefficient (Wildman–Crippen LogP) is 1.22. The average Bonchev–Trinajstić information content (AvgIpc) is 2.69. The number of nitrogens with zero attached hydrogens (tertiary/aromatic N) is 3. The molecule has 0 bridgehead atoms. The molecule has 2 N–H and O–H groups in total. The number of hydrogen-bond acceptors (Lipinski definition) is 4. The molecule has 0 amide bonds. The topological polar surface area (TPSA) is 66.5 Å². The zero-order valence-corrected chi connectivity index (χ0v) is 8.07. The Morgan fingerprint density at radius 1 is 1.36 bits per heavy atom. The fraction of sp³-hybridized carbons (Fsp3) is 0.222. The van der Waals surface area contributed by atoms with Crippen LogP contribution in [0.2, 0.25) is 0 Å². The van der Waals surface area contributed by atoms with Crippen molar-refractivity contribution in [2.75, 3.05) is 12.4 Å². The normalized spacial score (nSPS) is 10.1. The van der Waals surface area contributed by atoms with Crippen LogP contribution in [-0.4, -0.2) is 27.0 Å². The molecule has 0 atom stereocenters. The summed E-state index contributed by atoms with van der Waals surface area (Å²) in [6.07, 6.45) is 3.43. The Morgan fingerprint density at radius 3 is 2.86 bits per heavy atom. The number of aromatic nitrogens is 4. The minimum atomic E-state index is 0.611. The maximum Gasteiger partial charge on any atom is 0.197 e. The Hall–Kier alpha value is -1.91. The van der Waals surface area contributed by atoms with E-state index in [9.17, 15) is 0 Å². The molecule has 0 aliphatic rings. The van der Waals surface area contributed by atoms with Gasteiger partial charge in [-0.15, -0.1) is 0 Å². The first kappa shape index (κ1) is 8.68. The molecule has 0 spiro atoms. The van der Waals surface area contributed by atoms with Gasteiger partial charge in [-0.05, 0) is 6.92 Å². The molecule has 2 heterocycles. The molecule has 0 aliphatic carbocycles. The van der Waals surface area contributed by atoms with Gasteiger partial charge < -0.3 is 10.3 Å². The van der Waals surface area contributed by atoms with E-state index in [0.29, 0.717) is 11.6 Å². The first-order valence-electron chi connectivity index (χ1n) is 4.33. The van der Waals surface area contributed by atoms with Crippen molar-refractivity contribution in [2.24, 2.45) is 0 Å². The molecule has 0 aliphatic heterocycles. The summed E-state index contributed by atoms with van der Waals surface area (Å²) < 4.78 is 0. The Kier molecular flexibility index (Phi) is 2.14. The number of imidazole rings is 1. The maximum atomic E-state index is 4.28. The van der Waals surface area contributed by atoms with Gasteiger partial charge in [-0.2, -0.15) is 0 Å². The summed E-state index contributed by atoms with van der Waals surface area (Å²) in [5, 5.41) is 2.98. The van der Waals surface area contributed by atoms with Crippen molar-refractivity contribution in [3.05, 3.63) is 24.2 Å². The van der Waals surface area contributed by atoms with E-state index in [0.717, 1.165) is 11.5 Å². The molecule has 2 rings (SSSR count). The van der Waals surface area contributed by atoms with Gasteiger partial charge in [0.05, 0.1) is 0 Å². The van der Waals surface area contributed by atoms with Crippen molar-refractivity contribution in [1.82, 2.24) is 19.9 Å². The second kappa shape index (κ2) is 3.45. The zero-order chi connectivity index (χ0) is 9.97. The summed E-state index contributed by atoms with van der Waals surface area (Å²) in [5.74, 6) is 2.09. The van der Waals surface area contributed by atoms with E-state index in [-0.39, 0.29) is 0 Å². The van der Waals surface area contributed by atoms with Crippen molar-refractivity contribution >= 4 is 5.82 Å². The van der Waals surface area contributed by atoms with Crippen LogP contribution in [0.5, 0.6) is 0 Å². The monoisotopic (exact) mass is 189 g/mol. The highest BCUT2D eigenvalue weighted by Gasteiger charge is 2.05. The van der Waals surface area contributed by atoms with Gasteiger partial charge in [-0.1, -0.05) is 0 Å². The number of anilines is 1. The predicted molar refractivity (Wildman–Crippen MR) is 53.9 cm³/mol. The van der Waals surface area contributed by atoms with Gasteiger partial charge in [0.25, 0.3) is 0 Å². The van der Waals surface area contributed by atoms with E-state index in [2.05, 4.69) is 25.3 Å². The van der Waals surface area contributed by atoms with Crippen LogP contribution in [0.1, 0.15) is 5.69 Å². The first-order chi connectivity index (χ1) is 6.79. The summed E-state index contributed by atoms with van der Waals surface area (Å²) in [6, 6.07) is 1.88. The van der Waals surface area contributed by atoms with E-state index in [1.165, 1.54) is 0 Å². The number of aryl methyl sites for hydroxylation is 1. The van der Waals surface area contributed by atoms with E-state index < -0.39 is 0 Å². The van der Waals surface area contributed by atoms with Crippen LogP contribution in [0.4, 0.5) is 5.82 Å². The summed E-state index contributed by atoms with van der Waals surface area (Å²) >= 11 is 0. The molecule has 0 fully saturated rings. The highest BCUT2D eigenvalue weighted by atomic mass is 15.1. The van der Waals surface area contributed by atoms with E-state index in [1.54, 1.807) is 12.4 Å². The van der Waals surface area contributed by atoms with Crippen molar-refractivity contribution in [3.8, 4) is 11.6 Å². The standard InChI is InChI=1S/C9H11N5/c1-6-5-7(10-2)14-9(13-6)8-11-3-4-12-8/h3-5H,1-2H3,(H,11,12)(H,10,13,14). The summed E-state index contributed by atoms with van der Waals surface area (Å²) in [6.45, 7) is 1.93. The minimum absolute atomic E-state index is 0.611. The number of rotatable bonds is 2. The lowest BCUT2D eigenvalue weighted by Crippen LogP contribution is -1.99. The van der Waals surface area contributed by atoms with Crippen LogP contribution in [0.25, 0.3) is 11.6 Å². The molecule has 2 aromatic heterocycles. The molecule has 5 nitrogen and oxygen atoms in total. The van der Waals surface area contributed by atoms with Crippen LogP contribution < -0.4 is 5.32 Å². The van der Waals surface area contributed by atoms with Gasteiger partial charge >= 0.3 is 0 Å². The average molecular weight is 189 g/mol. The maximum absolute atomic E-state index is 4.28. The van der Waals surface area contributed by atoms with Crippen molar-refractivity contribution in [2.45, 2.75) is 6.92 Å². The lowest BCUT2D eigenvalue weighted by molar-refractivity contribution is 1.07. The molecule has 0 saturated heterocycles. The molecule has 14 heavy (non-hydrogen) atoms. The molecule has 0 radical (unpaired) electrons. The Bertz CT molecular complexity index is 421. The lowest BCUT2D eigenvalue weighted by Gasteiger charge is -2.02. The van der Waals surface area contributed by atoms with E-state index in [1.807, 2.05) is 20.0 Å². The lowest BCUT2D eigenvalue weighted by atomic mass is 10.4. The van der Waals surface area contributed by atoms with Crippen LogP contribution in [0, 0.1) is 6.92 Å². The number of aromatic amines is 1. The van der Waals surface area contributed by atoms with Gasteiger partial charge in [0.1, 0.15) is 5.82 Å². The van der Waals surface area contributed by atoms with Crippen molar-refractivity contribution in [3.63, 3.8) is 0 Å². The van der Waals surface area contributed by atoms with Gasteiger partial charge in [0, 0.05) is 31.2 Å². The zero-order valence-electron chi connectivity index (χ0n) is 8.07. The van der Waals surface area contributed by atoms with E-state index in [4.69, 9.17) is 0 Å². The van der Waals surface area contributed by atoms with Crippen molar-refractivity contribution < 1.29 is 0 Å². The second-order valence-corrected chi connectivity index (χ2v) is 2.91. The third kappa shape index (κ3) is 1.56. The second-order valence-electron chi connectivity index (χ2n) is 2.91. The van der Waals surface area contributed by atoms with Gasteiger partial charge in [0.2, 0.25) is 0 Å². The molecule has 0 unspecified atom stereocenters. The number of hydrogen-bond donors (Lipinski definition) is 2. The third-order valence-electron chi connectivity index (χ3n) is 1.82. The smallest absolute Gasteiger partial charge is 0.197 e. The molecule has 72 valence electrons. The van der Waals surface area contributed by atoms with Gasteiger partial charge in [0.15, 0.2) is 11.6 Å². The molecule has 0 saturated carbocycles. The Labute approximate surface area is 81.6 Å². The first-order valence-corrected chi connectivity index (χ1v) is 4.33. The Morgan fingerprint density at radius 2 is 2.21 bits per heavy atom. The van der Waals surface area contributed by atoms with Gasteiger partial charge in [-0.3, -0.25) is 0 Å². The minimum Gasteiger partial charge on any atom is -0.373 e. The molecule has 5 heteroatoms. The highest BCUT2D eigenvalue weighted by molar-refractivity contribution is 5.48. The fourth-order valence-corrected chi connectivity index (χ4v) is 1.19. The molecule has 0 aromatic carbocycles. The third-order valence-corrected chi connectivity index (χ3v) is 1.82. The summed E-state index contributed by atoms with van der Waals surface area (Å²) in [5.41, 5.74) is 0.913. The largest absolute Gasteiger partial charge is 0.373 e.